The molecule has 0 bridgehead atoms. The molecular formula is C22H28ClN3O3. The van der Waals surface area contributed by atoms with Crippen LogP contribution < -0.4 is 14.8 Å². The van der Waals surface area contributed by atoms with Gasteiger partial charge in [-0.3, -0.25) is 9.69 Å². The van der Waals surface area contributed by atoms with Gasteiger partial charge in [-0.1, -0.05) is 23.7 Å². The summed E-state index contributed by atoms with van der Waals surface area (Å²) in [5.41, 5.74) is 1.50. The van der Waals surface area contributed by atoms with Crippen LogP contribution in [0.4, 0.5) is 0 Å². The first-order valence-electron chi connectivity index (χ1n) is 10.0. The quantitative estimate of drug-likeness (QED) is 0.708. The maximum absolute atomic E-state index is 12.5. The van der Waals surface area contributed by atoms with Gasteiger partial charge >= 0.3 is 0 Å². The number of aromatic nitrogens is 1. The predicted octanol–water partition coefficient (Wildman–Crippen LogP) is 3.78. The number of halogens is 1. The zero-order valence-electron chi connectivity index (χ0n) is 17.0. The molecule has 3 rings (SSSR count). The Morgan fingerprint density at radius 1 is 1.21 bits per heavy atom. The van der Waals surface area contributed by atoms with E-state index in [1.165, 1.54) is 5.56 Å². The van der Waals surface area contributed by atoms with E-state index in [9.17, 15) is 4.79 Å². The molecule has 156 valence electrons. The van der Waals surface area contributed by atoms with Crippen LogP contribution in [0.1, 0.15) is 35.8 Å². The number of amides is 1. The molecule has 0 saturated carbocycles. The summed E-state index contributed by atoms with van der Waals surface area (Å²) in [5, 5.41) is 3.32. The van der Waals surface area contributed by atoms with E-state index >= 15 is 0 Å². The SMILES string of the molecule is CCOc1ccc(Cl)c(C(=O)NCC2CCN(Cc3ccc(OC)cc3)CC2)n1. The van der Waals surface area contributed by atoms with Crippen LogP contribution in [0, 0.1) is 5.92 Å². The molecular weight excluding hydrogens is 390 g/mol. The largest absolute Gasteiger partial charge is 0.497 e. The average Bonchev–Trinajstić information content (AvgIpc) is 2.75. The molecule has 0 atom stereocenters. The first-order chi connectivity index (χ1) is 14.1. The number of pyridine rings is 1. The highest BCUT2D eigenvalue weighted by molar-refractivity contribution is 6.33. The van der Waals surface area contributed by atoms with Crippen molar-refractivity contribution in [2.24, 2.45) is 5.92 Å². The molecule has 1 fully saturated rings. The van der Waals surface area contributed by atoms with Gasteiger partial charge in [0.15, 0.2) is 5.69 Å². The zero-order chi connectivity index (χ0) is 20.6. The van der Waals surface area contributed by atoms with Gasteiger partial charge < -0.3 is 14.8 Å². The number of ether oxygens (including phenoxy) is 2. The lowest BCUT2D eigenvalue weighted by molar-refractivity contribution is 0.0929. The molecule has 1 aromatic carbocycles. The van der Waals surface area contributed by atoms with Crippen LogP contribution in [0.2, 0.25) is 5.02 Å². The van der Waals surface area contributed by atoms with Gasteiger partial charge in [0.25, 0.3) is 5.91 Å². The van der Waals surface area contributed by atoms with Crippen LogP contribution in [0.25, 0.3) is 0 Å². The van der Waals surface area contributed by atoms with Gasteiger partial charge in [0, 0.05) is 19.2 Å². The normalized spacial score (nSPS) is 15.1. The summed E-state index contributed by atoms with van der Waals surface area (Å²) in [6.45, 7) is 5.97. The molecule has 1 amide bonds. The Morgan fingerprint density at radius 2 is 1.93 bits per heavy atom. The minimum Gasteiger partial charge on any atom is -0.497 e. The Kier molecular flexibility index (Phi) is 7.72. The van der Waals surface area contributed by atoms with E-state index in [-0.39, 0.29) is 11.6 Å². The van der Waals surface area contributed by atoms with Crippen molar-refractivity contribution in [3.05, 3.63) is 52.7 Å². The molecule has 1 aromatic heterocycles. The lowest BCUT2D eigenvalue weighted by atomic mass is 9.96. The van der Waals surface area contributed by atoms with E-state index in [0.717, 1.165) is 38.2 Å². The number of carbonyl (C=O) groups is 1. The lowest BCUT2D eigenvalue weighted by Gasteiger charge is -2.32. The molecule has 6 nitrogen and oxygen atoms in total. The number of benzene rings is 1. The van der Waals surface area contributed by atoms with Crippen molar-refractivity contribution >= 4 is 17.5 Å². The van der Waals surface area contributed by atoms with Crippen molar-refractivity contribution in [1.29, 1.82) is 0 Å². The van der Waals surface area contributed by atoms with Gasteiger partial charge in [0.2, 0.25) is 5.88 Å². The monoisotopic (exact) mass is 417 g/mol. The average molecular weight is 418 g/mol. The maximum atomic E-state index is 12.5. The van der Waals surface area contributed by atoms with Gasteiger partial charge in [0.05, 0.1) is 18.7 Å². The Labute approximate surface area is 177 Å². The van der Waals surface area contributed by atoms with E-state index in [4.69, 9.17) is 21.1 Å². The van der Waals surface area contributed by atoms with Crippen molar-refractivity contribution in [2.45, 2.75) is 26.3 Å². The minimum atomic E-state index is -0.253. The van der Waals surface area contributed by atoms with E-state index in [1.807, 2.05) is 19.1 Å². The summed E-state index contributed by atoms with van der Waals surface area (Å²) in [7, 11) is 1.68. The van der Waals surface area contributed by atoms with Gasteiger partial charge in [-0.05, 0) is 62.5 Å². The fourth-order valence-electron chi connectivity index (χ4n) is 3.47. The molecule has 29 heavy (non-hydrogen) atoms. The maximum Gasteiger partial charge on any atom is 0.271 e. The summed E-state index contributed by atoms with van der Waals surface area (Å²) in [6.07, 6.45) is 2.10. The fraction of sp³-hybridized carbons (Fsp3) is 0.455. The van der Waals surface area contributed by atoms with Crippen LogP contribution in [0.15, 0.2) is 36.4 Å². The van der Waals surface area contributed by atoms with Crippen molar-refractivity contribution in [1.82, 2.24) is 15.2 Å². The molecule has 0 unspecified atom stereocenters. The molecule has 2 aromatic rings. The van der Waals surface area contributed by atoms with E-state index in [2.05, 4.69) is 27.3 Å². The third kappa shape index (κ3) is 6.08. The van der Waals surface area contributed by atoms with Gasteiger partial charge in [0.1, 0.15) is 5.75 Å². The second kappa shape index (κ2) is 10.5. The molecule has 0 aliphatic carbocycles. The molecule has 1 aliphatic heterocycles. The van der Waals surface area contributed by atoms with Crippen LogP contribution in [-0.4, -0.2) is 49.1 Å². The van der Waals surface area contributed by atoms with Crippen LogP contribution >= 0.6 is 11.6 Å². The smallest absolute Gasteiger partial charge is 0.271 e. The Hall–Kier alpha value is -2.31. The Morgan fingerprint density at radius 3 is 2.59 bits per heavy atom. The van der Waals surface area contributed by atoms with Crippen LogP contribution in [0.3, 0.4) is 0 Å². The van der Waals surface area contributed by atoms with Crippen molar-refractivity contribution in [3.8, 4) is 11.6 Å². The summed E-state index contributed by atoms with van der Waals surface area (Å²) in [5.74, 6) is 1.50. The van der Waals surface area contributed by atoms with Crippen molar-refractivity contribution < 1.29 is 14.3 Å². The highest BCUT2D eigenvalue weighted by Crippen LogP contribution is 2.21. The van der Waals surface area contributed by atoms with Crippen molar-refractivity contribution in [3.63, 3.8) is 0 Å². The first-order valence-corrected chi connectivity index (χ1v) is 10.4. The molecule has 1 N–H and O–H groups in total. The lowest BCUT2D eigenvalue weighted by Crippen LogP contribution is -2.38. The highest BCUT2D eigenvalue weighted by Gasteiger charge is 2.21. The molecule has 0 radical (unpaired) electrons. The first kappa shape index (κ1) is 21.4. The molecule has 2 heterocycles. The number of methoxy groups -OCH3 is 1. The zero-order valence-corrected chi connectivity index (χ0v) is 17.7. The standard InChI is InChI=1S/C22H28ClN3O3/c1-3-29-20-9-8-19(23)21(25-20)22(27)24-14-16-10-12-26(13-11-16)15-17-4-6-18(28-2)7-5-17/h4-9,16H,3,10-15H2,1-2H3,(H,24,27). The molecule has 0 spiro atoms. The Balaban J connectivity index is 1.44. The number of hydrogen-bond donors (Lipinski definition) is 1. The van der Waals surface area contributed by atoms with Gasteiger partial charge in [-0.15, -0.1) is 0 Å². The summed E-state index contributed by atoms with van der Waals surface area (Å²) in [4.78, 5) is 19.2. The van der Waals surface area contributed by atoms with Gasteiger partial charge in [-0.2, -0.15) is 0 Å². The number of rotatable bonds is 8. The van der Waals surface area contributed by atoms with E-state index in [0.29, 0.717) is 30.0 Å². The van der Waals surface area contributed by atoms with Gasteiger partial charge in [-0.25, -0.2) is 4.98 Å². The summed E-state index contributed by atoms with van der Waals surface area (Å²) >= 11 is 6.13. The number of likely N-dealkylation sites (tertiary alicyclic amines) is 1. The summed E-state index contributed by atoms with van der Waals surface area (Å²) < 4.78 is 10.6. The molecule has 7 heteroatoms. The number of hydrogen-bond acceptors (Lipinski definition) is 5. The summed E-state index contributed by atoms with van der Waals surface area (Å²) in [6, 6.07) is 11.5. The third-order valence-corrected chi connectivity index (χ3v) is 5.46. The van der Waals surface area contributed by atoms with E-state index < -0.39 is 0 Å². The van der Waals surface area contributed by atoms with Crippen LogP contribution in [-0.2, 0) is 6.54 Å². The highest BCUT2D eigenvalue weighted by atomic mass is 35.5. The predicted molar refractivity (Wildman–Crippen MR) is 114 cm³/mol. The van der Waals surface area contributed by atoms with E-state index in [1.54, 1.807) is 19.2 Å². The number of piperidine rings is 1. The van der Waals surface area contributed by atoms with Crippen molar-refractivity contribution in [2.75, 3.05) is 33.4 Å². The second-order valence-corrected chi connectivity index (χ2v) is 7.60. The second-order valence-electron chi connectivity index (χ2n) is 7.19. The minimum absolute atomic E-state index is 0.217. The number of carbonyl (C=O) groups excluding carboxylic acids is 1. The topological polar surface area (TPSA) is 63.7 Å². The number of nitrogens with one attached hydrogen (secondary N) is 1. The fourth-order valence-corrected chi connectivity index (χ4v) is 3.66. The Bertz CT molecular complexity index is 805. The number of nitrogens with zero attached hydrogens (tertiary/aromatic N) is 2. The third-order valence-electron chi connectivity index (χ3n) is 5.15. The molecule has 1 saturated heterocycles. The molecule has 1 aliphatic rings. The van der Waals surface area contributed by atoms with Crippen LogP contribution in [0.5, 0.6) is 11.6 Å².